The molecule has 3 rings (SSSR count). The first-order valence-electron chi connectivity index (χ1n) is 8.99. The number of rotatable bonds is 6. The maximum absolute atomic E-state index is 12.8. The molecule has 2 atom stereocenters. The second-order valence-electron chi connectivity index (χ2n) is 6.53. The third kappa shape index (κ3) is 5.06. The summed E-state index contributed by atoms with van der Waals surface area (Å²) in [5.41, 5.74) is 2.36. The number of benzene rings is 2. The lowest BCUT2D eigenvalue weighted by molar-refractivity contribution is -0.156. The fourth-order valence-corrected chi connectivity index (χ4v) is 3.15. The minimum absolute atomic E-state index is 0.0703. The van der Waals surface area contributed by atoms with Crippen LogP contribution in [0.4, 0.5) is 4.39 Å². The van der Waals surface area contributed by atoms with Crippen molar-refractivity contribution in [1.29, 1.82) is 0 Å². The Morgan fingerprint density at radius 1 is 1.19 bits per heavy atom. The first-order valence-corrected chi connectivity index (χ1v) is 8.99. The highest BCUT2D eigenvalue weighted by Gasteiger charge is 2.25. The van der Waals surface area contributed by atoms with E-state index in [0.717, 1.165) is 24.8 Å². The van der Waals surface area contributed by atoms with Crippen LogP contribution in [0.2, 0.25) is 0 Å². The van der Waals surface area contributed by atoms with Crippen LogP contribution in [0.25, 0.3) is 0 Å². The minimum atomic E-state index is -0.927. The zero-order valence-electron chi connectivity index (χ0n) is 15.1. The van der Waals surface area contributed by atoms with E-state index < -0.39 is 12.1 Å². The Balaban J connectivity index is 1.49. The Morgan fingerprint density at radius 3 is 2.70 bits per heavy atom. The maximum Gasteiger partial charge on any atom is 0.344 e. The van der Waals surface area contributed by atoms with E-state index in [-0.39, 0.29) is 24.4 Å². The molecular formula is C21H22FNO4. The number of hydrogen-bond donors (Lipinski definition) is 1. The van der Waals surface area contributed by atoms with Crippen LogP contribution in [0.3, 0.4) is 0 Å². The molecule has 0 saturated heterocycles. The van der Waals surface area contributed by atoms with E-state index in [4.69, 9.17) is 9.47 Å². The van der Waals surface area contributed by atoms with Crippen LogP contribution in [-0.2, 0) is 20.7 Å². The van der Waals surface area contributed by atoms with Crippen LogP contribution < -0.4 is 10.1 Å². The summed E-state index contributed by atoms with van der Waals surface area (Å²) in [5, 5.41) is 2.96. The SMILES string of the molecule is C[C@@H](OC(=O)COc1ccc(F)cc1)C(=O)N[C@@H]1CCCc2ccccc21. The molecule has 27 heavy (non-hydrogen) atoms. The van der Waals surface area contributed by atoms with Crippen LogP contribution in [0.15, 0.2) is 48.5 Å². The van der Waals surface area contributed by atoms with Gasteiger partial charge in [-0.05, 0) is 61.6 Å². The largest absolute Gasteiger partial charge is 0.482 e. The highest BCUT2D eigenvalue weighted by Crippen LogP contribution is 2.29. The third-order valence-corrected chi connectivity index (χ3v) is 4.53. The molecule has 2 aromatic carbocycles. The van der Waals surface area contributed by atoms with Gasteiger partial charge in [0.05, 0.1) is 6.04 Å². The molecule has 2 aromatic rings. The number of amides is 1. The summed E-state index contributed by atoms with van der Waals surface area (Å²) in [4.78, 5) is 24.3. The standard InChI is InChI=1S/C21H22FNO4/c1-14(27-20(24)13-26-17-11-9-16(22)10-12-17)21(25)23-19-8-4-6-15-5-2-3-7-18(15)19/h2-3,5,7,9-12,14,19H,4,6,8,13H2,1H3,(H,23,25)/t14-,19-/m1/s1. The summed E-state index contributed by atoms with van der Waals surface area (Å²) >= 11 is 0. The molecular weight excluding hydrogens is 349 g/mol. The van der Waals surface area contributed by atoms with Crippen molar-refractivity contribution in [3.63, 3.8) is 0 Å². The molecule has 0 fully saturated rings. The molecule has 1 N–H and O–H groups in total. The molecule has 0 aliphatic heterocycles. The Labute approximate surface area is 157 Å². The summed E-state index contributed by atoms with van der Waals surface area (Å²) in [6.07, 6.45) is 1.94. The van der Waals surface area contributed by atoms with Gasteiger partial charge in [-0.15, -0.1) is 0 Å². The van der Waals surface area contributed by atoms with Crippen molar-refractivity contribution in [3.8, 4) is 5.75 Å². The van der Waals surface area contributed by atoms with Gasteiger partial charge in [-0.3, -0.25) is 4.79 Å². The predicted molar refractivity (Wildman–Crippen MR) is 97.7 cm³/mol. The summed E-state index contributed by atoms with van der Waals surface area (Å²) in [6.45, 7) is 1.18. The fraction of sp³-hybridized carbons (Fsp3) is 0.333. The van der Waals surface area contributed by atoms with E-state index in [2.05, 4.69) is 11.4 Å². The molecule has 6 heteroatoms. The van der Waals surface area contributed by atoms with Crippen molar-refractivity contribution in [3.05, 3.63) is 65.5 Å². The Bertz CT molecular complexity index is 806. The Kier molecular flexibility index (Phi) is 6.06. The van der Waals surface area contributed by atoms with Crippen LogP contribution in [-0.4, -0.2) is 24.6 Å². The van der Waals surface area contributed by atoms with Crippen LogP contribution in [0.5, 0.6) is 5.75 Å². The lowest BCUT2D eigenvalue weighted by atomic mass is 9.87. The molecule has 0 unspecified atom stereocenters. The molecule has 0 aromatic heterocycles. The second-order valence-corrected chi connectivity index (χ2v) is 6.53. The average Bonchev–Trinajstić information content (AvgIpc) is 2.68. The molecule has 0 radical (unpaired) electrons. The third-order valence-electron chi connectivity index (χ3n) is 4.53. The van der Waals surface area contributed by atoms with Gasteiger partial charge in [-0.25, -0.2) is 9.18 Å². The highest BCUT2D eigenvalue weighted by molar-refractivity contribution is 5.84. The summed E-state index contributed by atoms with van der Waals surface area (Å²) in [7, 11) is 0. The average molecular weight is 371 g/mol. The monoisotopic (exact) mass is 371 g/mol. The smallest absolute Gasteiger partial charge is 0.344 e. The second kappa shape index (κ2) is 8.66. The molecule has 1 aliphatic carbocycles. The number of hydrogen-bond acceptors (Lipinski definition) is 4. The highest BCUT2D eigenvalue weighted by atomic mass is 19.1. The molecule has 0 spiro atoms. The van der Waals surface area contributed by atoms with Gasteiger partial charge in [0.1, 0.15) is 11.6 Å². The molecule has 5 nitrogen and oxygen atoms in total. The lowest BCUT2D eigenvalue weighted by Crippen LogP contribution is -2.39. The number of ether oxygens (including phenoxy) is 2. The van der Waals surface area contributed by atoms with E-state index in [1.165, 1.54) is 36.8 Å². The summed E-state index contributed by atoms with van der Waals surface area (Å²) < 4.78 is 23.2. The first kappa shape index (κ1) is 18.9. The van der Waals surface area contributed by atoms with Gasteiger partial charge in [0, 0.05) is 0 Å². The molecule has 1 aliphatic rings. The van der Waals surface area contributed by atoms with Gasteiger partial charge in [0.2, 0.25) is 0 Å². The van der Waals surface area contributed by atoms with Gasteiger partial charge in [-0.1, -0.05) is 24.3 Å². The van der Waals surface area contributed by atoms with Gasteiger partial charge in [0.15, 0.2) is 12.7 Å². The number of carbonyl (C=O) groups excluding carboxylic acids is 2. The number of halogens is 1. The van der Waals surface area contributed by atoms with E-state index in [1.54, 1.807) is 0 Å². The van der Waals surface area contributed by atoms with Crippen LogP contribution in [0, 0.1) is 5.82 Å². The zero-order chi connectivity index (χ0) is 19.2. The van der Waals surface area contributed by atoms with Gasteiger partial charge < -0.3 is 14.8 Å². The van der Waals surface area contributed by atoms with E-state index in [9.17, 15) is 14.0 Å². The van der Waals surface area contributed by atoms with Crippen molar-refractivity contribution >= 4 is 11.9 Å². The fourth-order valence-electron chi connectivity index (χ4n) is 3.15. The lowest BCUT2D eigenvalue weighted by Gasteiger charge is -2.27. The number of aryl methyl sites for hydroxylation is 1. The van der Waals surface area contributed by atoms with Crippen molar-refractivity contribution in [2.45, 2.75) is 38.3 Å². The molecule has 0 saturated carbocycles. The number of esters is 1. The van der Waals surface area contributed by atoms with E-state index >= 15 is 0 Å². The van der Waals surface area contributed by atoms with Crippen molar-refractivity contribution < 1.29 is 23.5 Å². The van der Waals surface area contributed by atoms with Crippen LogP contribution in [0.1, 0.15) is 36.9 Å². The molecule has 0 bridgehead atoms. The number of nitrogens with one attached hydrogen (secondary N) is 1. The van der Waals surface area contributed by atoms with E-state index in [1.807, 2.05) is 18.2 Å². The van der Waals surface area contributed by atoms with E-state index in [0.29, 0.717) is 5.75 Å². The number of fused-ring (bicyclic) bond motifs is 1. The van der Waals surface area contributed by atoms with Gasteiger partial charge in [-0.2, -0.15) is 0 Å². The van der Waals surface area contributed by atoms with Crippen molar-refractivity contribution in [2.24, 2.45) is 0 Å². The first-order chi connectivity index (χ1) is 13.0. The van der Waals surface area contributed by atoms with Crippen molar-refractivity contribution in [1.82, 2.24) is 5.32 Å². The predicted octanol–water partition coefficient (Wildman–Crippen LogP) is 3.33. The quantitative estimate of drug-likeness (QED) is 0.791. The number of carbonyl (C=O) groups is 2. The van der Waals surface area contributed by atoms with Crippen LogP contribution >= 0.6 is 0 Å². The molecule has 0 heterocycles. The molecule has 1 amide bonds. The van der Waals surface area contributed by atoms with Gasteiger partial charge in [0.25, 0.3) is 5.91 Å². The van der Waals surface area contributed by atoms with Gasteiger partial charge >= 0.3 is 5.97 Å². The summed E-state index contributed by atoms with van der Waals surface area (Å²) in [6, 6.07) is 13.3. The normalized spacial score (nSPS) is 16.7. The topological polar surface area (TPSA) is 64.6 Å². The Morgan fingerprint density at radius 2 is 1.93 bits per heavy atom. The molecule has 142 valence electrons. The summed E-state index contributed by atoms with van der Waals surface area (Å²) in [5.74, 6) is -1.04. The maximum atomic E-state index is 12.8. The minimum Gasteiger partial charge on any atom is -0.482 e. The Hall–Kier alpha value is -2.89. The zero-order valence-corrected chi connectivity index (χ0v) is 15.1. The van der Waals surface area contributed by atoms with Crippen molar-refractivity contribution in [2.75, 3.05) is 6.61 Å².